The molecule has 5 nitrogen and oxygen atoms in total. The van der Waals surface area contributed by atoms with Crippen LogP contribution in [-0.4, -0.2) is 20.1 Å². The fraction of sp³-hybridized carbons (Fsp3) is 0.0667. The van der Waals surface area contributed by atoms with Gasteiger partial charge in [0.15, 0.2) is 0 Å². The van der Waals surface area contributed by atoms with Crippen molar-refractivity contribution in [2.45, 2.75) is 6.92 Å². The molecule has 4 rings (SSSR count). The number of fused-ring (bicyclic) bond motifs is 1. The van der Waals surface area contributed by atoms with Crippen LogP contribution in [0.25, 0.3) is 32.2 Å². The minimum atomic E-state index is 0.557. The van der Waals surface area contributed by atoms with Crippen molar-refractivity contribution >= 4 is 22.4 Å². The van der Waals surface area contributed by atoms with Gasteiger partial charge in [-0.3, -0.25) is 4.98 Å². The molecule has 0 aromatic carbocycles. The number of thiazole rings is 1. The van der Waals surface area contributed by atoms with E-state index < -0.39 is 0 Å². The zero-order valence-corrected chi connectivity index (χ0v) is 12.0. The minimum absolute atomic E-state index is 0.557. The average Bonchev–Trinajstić information content (AvgIpc) is 3.15. The number of hydrogen-bond acceptors (Lipinski definition) is 6. The molecule has 4 heterocycles. The van der Waals surface area contributed by atoms with Gasteiger partial charge in [0, 0.05) is 24.2 Å². The molecule has 6 heteroatoms. The topological polar surface area (TPSA) is 64.7 Å². The van der Waals surface area contributed by atoms with Crippen molar-refractivity contribution in [1.82, 2.24) is 20.1 Å². The zero-order valence-electron chi connectivity index (χ0n) is 11.1. The summed E-state index contributed by atoms with van der Waals surface area (Å²) < 4.78 is 5.22. The normalized spacial score (nSPS) is 11.1. The van der Waals surface area contributed by atoms with Crippen LogP contribution in [0.15, 0.2) is 47.4 Å². The van der Waals surface area contributed by atoms with Gasteiger partial charge in [0.05, 0.1) is 21.7 Å². The van der Waals surface area contributed by atoms with Crippen LogP contribution in [0, 0.1) is 6.92 Å². The highest BCUT2D eigenvalue weighted by Gasteiger charge is 2.11. The number of aromatic nitrogens is 4. The Hall–Kier alpha value is -2.60. The van der Waals surface area contributed by atoms with Gasteiger partial charge in [-0.25, -0.2) is 9.97 Å². The lowest BCUT2D eigenvalue weighted by atomic mass is 10.2. The summed E-state index contributed by atoms with van der Waals surface area (Å²) in [5.74, 6) is 0. The Morgan fingerprint density at radius 3 is 2.95 bits per heavy atom. The molecule has 0 amide bonds. The predicted molar refractivity (Wildman–Crippen MR) is 80.9 cm³/mol. The average molecular weight is 294 g/mol. The van der Waals surface area contributed by atoms with E-state index in [1.807, 2.05) is 37.4 Å². The Balaban J connectivity index is 1.77. The van der Waals surface area contributed by atoms with Gasteiger partial charge in [-0.05, 0) is 31.2 Å². The van der Waals surface area contributed by atoms with Crippen LogP contribution < -0.4 is 0 Å². The lowest BCUT2D eigenvalue weighted by molar-refractivity contribution is 0.443. The van der Waals surface area contributed by atoms with E-state index in [0.29, 0.717) is 5.71 Å². The van der Waals surface area contributed by atoms with Crippen LogP contribution >= 0.6 is 11.3 Å². The number of hydrogen-bond donors (Lipinski definition) is 0. The Morgan fingerprint density at radius 2 is 2.10 bits per heavy atom. The third-order valence-corrected chi connectivity index (χ3v) is 4.25. The molecule has 0 aliphatic rings. The van der Waals surface area contributed by atoms with Crippen molar-refractivity contribution in [2.75, 3.05) is 0 Å². The van der Waals surface area contributed by atoms with Crippen molar-refractivity contribution in [2.24, 2.45) is 0 Å². The highest BCUT2D eigenvalue weighted by molar-refractivity contribution is 7.18. The van der Waals surface area contributed by atoms with Crippen molar-refractivity contribution in [3.63, 3.8) is 0 Å². The lowest BCUT2D eigenvalue weighted by Gasteiger charge is -1.95. The van der Waals surface area contributed by atoms with Gasteiger partial charge >= 0.3 is 0 Å². The molecular weight excluding hydrogens is 284 g/mol. The molecule has 0 spiro atoms. The number of rotatable bonds is 2. The molecule has 21 heavy (non-hydrogen) atoms. The maximum atomic E-state index is 5.22. The first-order valence-corrected chi connectivity index (χ1v) is 7.22. The molecule has 0 unspecified atom stereocenters. The SMILES string of the molecule is Cc1noc2nc(-c3cnc(-c4cccnc4)s3)ccc12. The first kappa shape index (κ1) is 12.2. The Labute approximate surface area is 124 Å². The highest BCUT2D eigenvalue weighted by Crippen LogP contribution is 2.31. The Bertz CT molecular complexity index is 914. The molecular formula is C15H10N4OS. The first-order chi connectivity index (χ1) is 10.3. The largest absolute Gasteiger partial charge is 0.336 e. The second-order valence-electron chi connectivity index (χ2n) is 4.59. The van der Waals surface area contributed by atoms with Crippen LogP contribution in [0.3, 0.4) is 0 Å². The van der Waals surface area contributed by atoms with E-state index in [-0.39, 0.29) is 0 Å². The van der Waals surface area contributed by atoms with E-state index in [1.165, 1.54) is 0 Å². The fourth-order valence-corrected chi connectivity index (χ4v) is 2.97. The van der Waals surface area contributed by atoms with Gasteiger partial charge in [0.1, 0.15) is 5.01 Å². The molecule has 102 valence electrons. The highest BCUT2D eigenvalue weighted by atomic mass is 32.1. The molecule has 0 aliphatic carbocycles. The standard InChI is InChI=1S/C15H10N4OS/c1-9-11-4-5-12(18-14(11)20-19-9)13-8-17-15(21-13)10-3-2-6-16-7-10/h2-8H,1H3. The summed E-state index contributed by atoms with van der Waals surface area (Å²) in [5.41, 5.74) is 3.25. The molecule has 0 atom stereocenters. The molecule has 0 fully saturated rings. The summed E-state index contributed by atoms with van der Waals surface area (Å²) in [6.07, 6.45) is 5.38. The van der Waals surface area contributed by atoms with Crippen molar-refractivity contribution in [3.05, 3.63) is 48.5 Å². The maximum absolute atomic E-state index is 5.22. The van der Waals surface area contributed by atoms with Gasteiger partial charge < -0.3 is 4.52 Å². The van der Waals surface area contributed by atoms with Crippen LogP contribution in [0.4, 0.5) is 0 Å². The summed E-state index contributed by atoms with van der Waals surface area (Å²) in [4.78, 5) is 14.0. The van der Waals surface area contributed by atoms with Crippen LogP contribution in [0.1, 0.15) is 5.69 Å². The number of nitrogens with zero attached hydrogens (tertiary/aromatic N) is 4. The predicted octanol–water partition coefficient (Wildman–Crippen LogP) is 3.72. The van der Waals surface area contributed by atoms with Gasteiger partial charge in [-0.2, -0.15) is 0 Å². The number of aryl methyl sites for hydroxylation is 1. The van der Waals surface area contributed by atoms with Crippen LogP contribution in [0.2, 0.25) is 0 Å². The second kappa shape index (κ2) is 4.75. The molecule has 0 radical (unpaired) electrons. The van der Waals surface area contributed by atoms with Crippen LogP contribution in [-0.2, 0) is 0 Å². The van der Waals surface area contributed by atoms with E-state index >= 15 is 0 Å². The van der Waals surface area contributed by atoms with E-state index in [0.717, 1.165) is 32.2 Å². The van der Waals surface area contributed by atoms with E-state index in [4.69, 9.17) is 4.52 Å². The molecule has 4 aromatic rings. The molecule has 4 aromatic heterocycles. The summed E-state index contributed by atoms with van der Waals surface area (Å²) in [6, 6.07) is 7.84. The quantitative estimate of drug-likeness (QED) is 0.564. The minimum Gasteiger partial charge on any atom is -0.336 e. The second-order valence-corrected chi connectivity index (χ2v) is 5.62. The summed E-state index contributed by atoms with van der Waals surface area (Å²) in [5, 5.41) is 5.79. The van der Waals surface area contributed by atoms with E-state index in [9.17, 15) is 0 Å². The number of pyridine rings is 2. The van der Waals surface area contributed by atoms with Crippen molar-refractivity contribution in [1.29, 1.82) is 0 Å². The monoisotopic (exact) mass is 294 g/mol. The summed E-state index contributed by atoms with van der Waals surface area (Å²) in [6.45, 7) is 1.90. The van der Waals surface area contributed by atoms with Crippen molar-refractivity contribution < 1.29 is 4.52 Å². The van der Waals surface area contributed by atoms with Gasteiger partial charge in [0.25, 0.3) is 5.71 Å². The van der Waals surface area contributed by atoms with Gasteiger partial charge in [0.2, 0.25) is 0 Å². The molecule has 0 aliphatic heterocycles. The maximum Gasteiger partial charge on any atom is 0.258 e. The van der Waals surface area contributed by atoms with Crippen molar-refractivity contribution in [3.8, 4) is 21.1 Å². The van der Waals surface area contributed by atoms with E-state index in [1.54, 1.807) is 23.7 Å². The Kier molecular flexibility index (Phi) is 2.75. The third kappa shape index (κ3) is 2.09. The van der Waals surface area contributed by atoms with Gasteiger partial charge in [-0.15, -0.1) is 11.3 Å². The third-order valence-electron chi connectivity index (χ3n) is 3.19. The lowest BCUT2D eigenvalue weighted by Crippen LogP contribution is -1.80. The fourth-order valence-electron chi connectivity index (χ4n) is 2.10. The molecule has 0 bridgehead atoms. The van der Waals surface area contributed by atoms with Crippen LogP contribution in [0.5, 0.6) is 0 Å². The zero-order chi connectivity index (χ0) is 14.2. The molecule has 0 N–H and O–H groups in total. The molecule has 0 saturated carbocycles. The van der Waals surface area contributed by atoms with E-state index in [2.05, 4.69) is 20.1 Å². The Morgan fingerprint density at radius 1 is 1.14 bits per heavy atom. The smallest absolute Gasteiger partial charge is 0.258 e. The molecule has 0 saturated heterocycles. The first-order valence-electron chi connectivity index (χ1n) is 6.41. The summed E-state index contributed by atoms with van der Waals surface area (Å²) in [7, 11) is 0. The van der Waals surface area contributed by atoms with Gasteiger partial charge in [-0.1, -0.05) is 5.16 Å². The summed E-state index contributed by atoms with van der Waals surface area (Å²) >= 11 is 1.58.